The third-order valence-electron chi connectivity index (χ3n) is 7.11. The van der Waals surface area contributed by atoms with Crippen LogP contribution in [0.4, 0.5) is 23.2 Å². The van der Waals surface area contributed by atoms with Gasteiger partial charge in [0.2, 0.25) is 5.91 Å². The summed E-state index contributed by atoms with van der Waals surface area (Å²) in [5.41, 5.74) is -0.954. The number of rotatable bonds is 3. The molecule has 0 aromatic heterocycles. The molecule has 1 aromatic rings. The monoisotopic (exact) mass is 396 g/mol. The van der Waals surface area contributed by atoms with Gasteiger partial charge in [0.25, 0.3) is 11.8 Å². The third kappa shape index (κ3) is 2.56. The maximum atomic E-state index is 13.8. The van der Waals surface area contributed by atoms with Gasteiger partial charge in [-0.15, -0.1) is 0 Å². The minimum absolute atomic E-state index is 0.148. The topological polar surface area (TPSA) is 49.4 Å². The van der Waals surface area contributed by atoms with Crippen LogP contribution in [0.5, 0.6) is 0 Å². The van der Waals surface area contributed by atoms with Gasteiger partial charge >= 0.3 is 0 Å². The molecule has 4 nitrogen and oxygen atoms in total. The van der Waals surface area contributed by atoms with E-state index in [1.165, 1.54) is 0 Å². The van der Waals surface area contributed by atoms with Gasteiger partial charge in [-0.05, 0) is 55.9 Å². The Bertz CT molecular complexity index is 865. The van der Waals surface area contributed by atoms with Crippen molar-refractivity contribution in [3.05, 3.63) is 29.3 Å². The number of carbonyl (C=O) groups excluding carboxylic acids is 2. The SMILES string of the molecule is O=C(c1cc(F)c(F)cc1NC(=O)C12CC3CC(CC1C3)C2)N1CC(F)(F)C1. The lowest BCUT2D eigenvalue weighted by Crippen LogP contribution is -2.58. The normalized spacial score (nSPS) is 34.4. The van der Waals surface area contributed by atoms with Gasteiger partial charge in [0.1, 0.15) is 0 Å². The molecule has 0 radical (unpaired) electrons. The number of hydrogen-bond acceptors (Lipinski definition) is 2. The van der Waals surface area contributed by atoms with Crippen LogP contribution in [0.1, 0.15) is 42.5 Å². The second-order valence-corrected chi connectivity index (χ2v) is 8.98. The van der Waals surface area contributed by atoms with Crippen molar-refractivity contribution < 1.29 is 27.2 Å². The van der Waals surface area contributed by atoms with Gasteiger partial charge in [-0.2, -0.15) is 0 Å². The molecule has 1 aromatic carbocycles. The number of carbonyl (C=O) groups is 2. The molecule has 0 spiro atoms. The number of amides is 2. The van der Waals surface area contributed by atoms with Crippen LogP contribution in [0.2, 0.25) is 0 Å². The Hall–Kier alpha value is -2.12. The van der Waals surface area contributed by atoms with E-state index in [9.17, 15) is 27.2 Å². The number of anilines is 1. The molecule has 4 aliphatic carbocycles. The fourth-order valence-corrected chi connectivity index (χ4v) is 6.07. The summed E-state index contributed by atoms with van der Waals surface area (Å²) in [4.78, 5) is 26.5. The molecule has 2 amide bonds. The van der Waals surface area contributed by atoms with Crippen molar-refractivity contribution >= 4 is 17.5 Å². The highest BCUT2D eigenvalue weighted by Gasteiger charge is 2.61. The Morgan fingerprint density at radius 2 is 1.61 bits per heavy atom. The molecule has 4 saturated carbocycles. The average molecular weight is 396 g/mol. The van der Waals surface area contributed by atoms with E-state index in [0.29, 0.717) is 17.9 Å². The van der Waals surface area contributed by atoms with E-state index < -0.39 is 42.0 Å². The fraction of sp³-hybridized carbons (Fsp3) is 0.600. The Kier molecular flexibility index (Phi) is 3.65. The van der Waals surface area contributed by atoms with Gasteiger partial charge in [-0.25, -0.2) is 17.6 Å². The molecular weight excluding hydrogens is 376 g/mol. The number of nitrogens with one attached hydrogen (secondary N) is 1. The van der Waals surface area contributed by atoms with Gasteiger partial charge in [-0.1, -0.05) is 0 Å². The van der Waals surface area contributed by atoms with E-state index in [2.05, 4.69) is 5.32 Å². The van der Waals surface area contributed by atoms with Crippen molar-refractivity contribution in [2.24, 2.45) is 23.2 Å². The molecular formula is C20H20F4N2O2. The van der Waals surface area contributed by atoms with Crippen LogP contribution in [0.15, 0.2) is 12.1 Å². The van der Waals surface area contributed by atoms with Crippen LogP contribution < -0.4 is 5.32 Å². The number of likely N-dealkylation sites (tertiary alicyclic amines) is 1. The van der Waals surface area contributed by atoms with Crippen LogP contribution in [0, 0.1) is 34.8 Å². The van der Waals surface area contributed by atoms with Gasteiger partial charge < -0.3 is 10.2 Å². The van der Waals surface area contributed by atoms with Crippen LogP contribution in [-0.2, 0) is 4.79 Å². The number of nitrogens with zero attached hydrogens (tertiary/aromatic N) is 1. The Balaban J connectivity index is 1.43. The molecule has 6 rings (SSSR count). The van der Waals surface area contributed by atoms with Gasteiger partial charge in [-0.3, -0.25) is 9.59 Å². The van der Waals surface area contributed by atoms with Gasteiger partial charge in [0.05, 0.1) is 29.8 Å². The summed E-state index contributed by atoms with van der Waals surface area (Å²) < 4.78 is 53.8. The molecule has 8 heteroatoms. The molecule has 1 saturated heterocycles. The highest BCUT2D eigenvalue weighted by atomic mass is 19.3. The number of benzene rings is 1. The van der Waals surface area contributed by atoms with Crippen LogP contribution >= 0.6 is 0 Å². The number of alkyl halides is 2. The van der Waals surface area contributed by atoms with Crippen molar-refractivity contribution in [3.8, 4) is 0 Å². The molecule has 5 fully saturated rings. The van der Waals surface area contributed by atoms with Crippen molar-refractivity contribution in [3.63, 3.8) is 0 Å². The van der Waals surface area contributed by atoms with Crippen molar-refractivity contribution in [2.45, 2.75) is 38.0 Å². The van der Waals surface area contributed by atoms with Crippen LogP contribution in [-0.4, -0.2) is 35.7 Å². The van der Waals surface area contributed by atoms with Gasteiger partial charge in [0, 0.05) is 6.07 Å². The predicted molar refractivity (Wildman–Crippen MR) is 91.8 cm³/mol. The average Bonchev–Trinajstić information content (AvgIpc) is 3.00. The van der Waals surface area contributed by atoms with E-state index in [1.807, 2.05) is 0 Å². The minimum Gasteiger partial charge on any atom is -0.326 e. The molecule has 2 atom stereocenters. The number of hydrogen-bond donors (Lipinski definition) is 1. The largest absolute Gasteiger partial charge is 0.326 e. The maximum absolute atomic E-state index is 13.8. The maximum Gasteiger partial charge on any atom is 0.282 e. The fourth-order valence-electron chi connectivity index (χ4n) is 6.07. The van der Waals surface area contributed by atoms with Crippen LogP contribution in [0.3, 0.4) is 0 Å². The van der Waals surface area contributed by atoms with Crippen molar-refractivity contribution in [1.82, 2.24) is 4.90 Å². The Labute approximate surface area is 159 Å². The summed E-state index contributed by atoms with van der Waals surface area (Å²) in [6, 6.07) is 1.45. The summed E-state index contributed by atoms with van der Waals surface area (Å²) >= 11 is 0. The zero-order chi connectivity index (χ0) is 19.8. The smallest absolute Gasteiger partial charge is 0.282 e. The second-order valence-electron chi connectivity index (χ2n) is 8.98. The highest BCUT2D eigenvalue weighted by molar-refractivity contribution is 6.05. The minimum atomic E-state index is -2.97. The summed E-state index contributed by atoms with van der Waals surface area (Å²) in [5, 5.41) is 2.65. The lowest BCUT2D eigenvalue weighted by Gasteiger charge is -2.39. The first-order valence-corrected chi connectivity index (χ1v) is 9.64. The lowest BCUT2D eigenvalue weighted by atomic mass is 9.75. The summed E-state index contributed by atoms with van der Waals surface area (Å²) in [6.45, 7) is -1.54. The van der Waals surface area contributed by atoms with E-state index >= 15 is 0 Å². The molecule has 1 aliphatic heterocycles. The first kappa shape index (κ1) is 17.9. The molecule has 1 heterocycles. The van der Waals surface area contributed by atoms with E-state index in [0.717, 1.165) is 43.1 Å². The molecule has 5 aliphatic rings. The highest BCUT2D eigenvalue weighted by Crippen LogP contribution is 2.65. The molecule has 150 valence electrons. The van der Waals surface area contributed by atoms with E-state index in [4.69, 9.17) is 0 Å². The van der Waals surface area contributed by atoms with Gasteiger partial charge in [0.15, 0.2) is 11.6 Å². The first-order chi connectivity index (χ1) is 13.2. The summed E-state index contributed by atoms with van der Waals surface area (Å²) in [5.74, 6) is -5.20. The molecule has 2 unspecified atom stereocenters. The quantitative estimate of drug-likeness (QED) is 0.790. The van der Waals surface area contributed by atoms with Crippen molar-refractivity contribution in [2.75, 3.05) is 18.4 Å². The zero-order valence-corrected chi connectivity index (χ0v) is 15.1. The predicted octanol–water partition coefficient (Wildman–Crippen LogP) is 3.82. The summed E-state index contributed by atoms with van der Waals surface area (Å²) in [7, 11) is 0. The summed E-state index contributed by atoms with van der Waals surface area (Å²) in [6.07, 6.45) is 4.73. The first-order valence-electron chi connectivity index (χ1n) is 9.64. The van der Waals surface area contributed by atoms with E-state index in [-0.39, 0.29) is 23.1 Å². The second kappa shape index (κ2) is 5.70. The zero-order valence-electron chi connectivity index (χ0n) is 15.1. The molecule has 4 bridgehead atoms. The lowest BCUT2D eigenvalue weighted by molar-refractivity contribution is -0.127. The molecule has 28 heavy (non-hydrogen) atoms. The van der Waals surface area contributed by atoms with Crippen molar-refractivity contribution in [1.29, 1.82) is 0 Å². The Morgan fingerprint density at radius 3 is 2.21 bits per heavy atom. The van der Waals surface area contributed by atoms with Crippen LogP contribution in [0.25, 0.3) is 0 Å². The van der Waals surface area contributed by atoms with E-state index in [1.54, 1.807) is 0 Å². The third-order valence-corrected chi connectivity index (χ3v) is 7.11. The number of halogens is 4. The Morgan fingerprint density at radius 1 is 1.00 bits per heavy atom. The molecule has 1 N–H and O–H groups in total. The standard InChI is InChI=1S/C20H20F4N2O2/c21-14-4-13(17(27)26-8-20(23,24)9-26)16(5-15(14)22)25-18(28)19-6-10-1-11(7-19)3-12(19)2-10/h4-5,10-12H,1-3,6-9H2,(H,25,28).